The third-order valence-electron chi connectivity index (χ3n) is 4.73. The number of amides is 1. The number of cyclic esters (lactones) is 1. The van der Waals surface area contributed by atoms with Crippen molar-refractivity contribution in [2.24, 2.45) is 0 Å². The van der Waals surface area contributed by atoms with Gasteiger partial charge in [0.15, 0.2) is 6.10 Å². The van der Waals surface area contributed by atoms with Crippen molar-refractivity contribution in [1.29, 1.82) is 0 Å². The van der Waals surface area contributed by atoms with Crippen molar-refractivity contribution in [3.8, 4) is 0 Å². The molecule has 154 valence electrons. The standard InChI is InChI=1S/C19H25FN2O5S/c1-2-4-18(23)26-13-15-12-22(19(24)27-15)14-5-6-17(16(20)11-14)21-7-3-9-28(25)10-8-21/h5-6,11,15H,2-4,7-10,12-13H2,1H3. The number of carbonyl (C=O) groups is 2. The maximum Gasteiger partial charge on any atom is 0.414 e. The van der Waals surface area contributed by atoms with Gasteiger partial charge in [-0.2, -0.15) is 0 Å². The van der Waals surface area contributed by atoms with E-state index in [1.54, 1.807) is 12.1 Å². The number of hydrogen-bond acceptors (Lipinski definition) is 6. The Morgan fingerprint density at radius 3 is 2.93 bits per heavy atom. The topological polar surface area (TPSA) is 76.2 Å². The molecule has 2 aliphatic rings. The predicted molar refractivity (Wildman–Crippen MR) is 105 cm³/mol. The first-order valence-corrected chi connectivity index (χ1v) is 11.0. The van der Waals surface area contributed by atoms with Gasteiger partial charge in [0.2, 0.25) is 0 Å². The molecule has 2 saturated heterocycles. The molecule has 0 aromatic heterocycles. The van der Waals surface area contributed by atoms with E-state index in [1.807, 2.05) is 11.8 Å². The highest BCUT2D eigenvalue weighted by molar-refractivity contribution is 7.85. The number of halogens is 1. The van der Waals surface area contributed by atoms with Crippen LogP contribution < -0.4 is 9.80 Å². The van der Waals surface area contributed by atoms with Crippen LogP contribution in [0.3, 0.4) is 0 Å². The number of carbonyl (C=O) groups excluding carboxylic acids is 2. The van der Waals surface area contributed by atoms with E-state index < -0.39 is 28.8 Å². The molecule has 1 aromatic carbocycles. The number of benzene rings is 1. The largest absolute Gasteiger partial charge is 0.462 e. The summed E-state index contributed by atoms with van der Waals surface area (Å²) in [5, 5.41) is 0. The van der Waals surface area contributed by atoms with E-state index in [1.165, 1.54) is 11.0 Å². The lowest BCUT2D eigenvalue weighted by Crippen LogP contribution is -2.28. The molecule has 1 aromatic rings. The number of rotatable bonds is 6. The summed E-state index contributed by atoms with van der Waals surface area (Å²) < 4.78 is 36.7. The Labute approximate surface area is 166 Å². The fourth-order valence-electron chi connectivity index (χ4n) is 3.28. The molecule has 2 fully saturated rings. The van der Waals surface area contributed by atoms with E-state index in [4.69, 9.17) is 9.47 Å². The summed E-state index contributed by atoms with van der Waals surface area (Å²) in [7, 11) is -0.850. The molecule has 2 unspecified atom stereocenters. The van der Waals surface area contributed by atoms with Crippen LogP contribution in [0.1, 0.15) is 26.2 Å². The fourth-order valence-corrected chi connectivity index (χ4v) is 4.36. The average Bonchev–Trinajstić information content (AvgIpc) is 2.90. The zero-order chi connectivity index (χ0) is 20.1. The summed E-state index contributed by atoms with van der Waals surface area (Å²) in [6, 6.07) is 4.62. The second-order valence-corrected chi connectivity index (χ2v) is 8.57. The Kier molecular flexibility index (Phi) is 6.88. The van der Waals surface area contributed by atoms with Crippen LogP contribution in [-0.4, -0.2) is 60.1 Å². The van der Waals surface area contributed by atoms with Gasteiger partial charge in [-0.05, 0) is 31.0 Å². The molecule has 0 spiro atoms. The summed E-state index contributed by atoms with van der Waals surface area (Å²) in [5.74, 6) is 0.402. The lowest BCUT2D eigenvalue weighted by molar-refractivity contribution is -0.146. The third-order valence-corrected chi connectivity index (χ3v) is 6.11. The smallest absolute Gasteiger partial charge is 0.414 e. The minimum Gasteiger partial charge on any atom is -0.462 e. The summed E-state index contributed by atoms with van der Waals surface area (Å²) in [5.41, 5.74) is 0.840. The second kappa shape index (κ2) is 9.36. The van der Waals surface area contributed by atoms with E-state index in [9.17, 15) is 18.2 Å². The lowest BCUT2D eigenvalue weighted by atomic mass is 10.2. The van der Waals surface area contributed by atoms with Gasteiger partial charge in [-0.1, -0.05) is 6.92 Å². The lowest BCUT2D eigenvalue weighted by Gasteiger charge is -2.23. The molecule has 3 rings (SSSR count). The van der Waals surface area contributed by atoms with Crippen molar-refractivity contribution in [3.63, 3.8) is 0 Å². The van der Waals surface area contributed by atoms with Crippen LogP contribution in [0.4, 0.5) is 20.6 Å². The van der Waals surface area contributed by atoms with Gasteiger partial charge < -0.3 is 14.4 Å². The molecule has 0 bridgehead atoms. The fraction of sp³-hybridized carbons (Fsp3) is 0.579. The van der Waals surface area contributed by atoms with Crippen LogP contribution in [0.25, 0.3) is 0 Å². The minimum absolute atomic E-state index is 0.00738. The van der Waals surface area contributed by atoms with Gasteiger partial charge in [-0.3, -0.25) is 13.9 Å². The van der Waals surface area contributed by atoms with Gasteiger partial charge in [0.05, 0.1) is 17.9 Å². The zero-order valence-corrected chi connectivity index (χ0v) is 16.7. The third kappa shape index (κ3) is 5.01. The van der Waals surface area contributed by atoms with E-state index in [2.05, 4.69) is 0 Å². The molecule has 9 heteroatoms. The Hall–Kier alpha value is -2.16. The van der Waals surface area contributed by atoms with Gasteiger partial charge in [0, 0.05) is 41.8 Å². The first-order valence-electron chi connectivity index (χ1n) is 9.51. The highest BCUT2D eigenvalue weighted by atomic mass is 32.2. The second-order valence-electron chi connectivity index (χ2n) is 6.87. The maximum absolute atomic E-state index is 14.7. The Morgan fingerprint density at radius 1 is 1.36 bits per heavy atom. The normalized spacial score (nSPS) is 22.7. The number of anilines is 2. The number of ether oxygens (including phenoxy) is 2. The van der Waals surface area contributed by atoms with Gasteiger partial charge in [-0.15, -0.1) is 0 Å². The molecule has 7 nitrogen and oxygen atoms in total. The van der Waals surface area contributed by atoms with Crippen LogP contribution >= 0.6 is 0 Å². The Balaban J connectivity index is 1.64. The van der Waals surface area contributed by atoms with Gasteiger partial charge >= 0.3 is 12.1 Å². The molecule has 0 radical (unpaired) electrons. The highest BCUT2D eigenvalue weighted by Gasteiger charge is 2.33. The van der Waals surface area contributed by atoms with Gasteiger partial charge in [-0.25, -0.2) is 9.18 Å². The molecule has 1 amide bonds. The molecular formula is C19H25FN2O5S. The summed E-state index contributed by atoms with van der Waals surface area (Å²) in [6.45, 7) is 3.26. The van der Waals surface area contributed by atoms with E-state index in [-0.39, 0.29) is 19.1 Å². The molecule has 0 N–H and O–H groups in total. The van der Waals surface area contributed by atoms with Crippen LogP contribution in [0.15, 0.2) is 18.2 Å². The monoisotopic (exact) mass is 412 g/mol. The zero-order valence-electron chi connectivity index (χ0n) is 15.9. The first-order chi connectivity index (χ1) is 13.5. The molecule has 0 aliphatic carbocycles. The van der Waals surface area contributed by atoms with E-state index in [0.29, 0.717) is 48.8 Å². The molecule has 2 atom stereocenters. The van der Waals surface area contributed by atoms with Crippen molar-refractivity contribution in [3.05, 3.63) is 24.0 Å². The summed E-state index contributed by atoms with van der Waals surface area (Å²) in [6.07, 6.45) is 0.602. The quantitative estimate of drug-likeness (QED) is 0.668. The SMILES string of the molecule is CCCC(=O)OCC1CN(c2ccc(N3CCCS(=O)CC3)c(F)c2)C(=O)O1. The van der Waals surface area contributed by atoms with E-state index in [0.717, 1.165) is 6.42 Å². The van der Waals surface area contributed by atoms with Crippen LogP contribution in [0.2, 0.25) is 0 Å². The maximum atomic E-state index is 14.7. The molecule has 2 aliphatic heterocycles. The molecule has 2 heterocycles. The number of esters is 1. The number of nitrogens with zero attached hydrogens (tertiary/aromatic N) is 2. The Bertz CT molecular complexity index is 760. The summed E-state index contributed by atoms with van der Waals surface area (Å²) >= 11 is 0. The molecule has 0 saturated carbocycles. The van der Waals surface area contributed by atoms with E-state index >= 15 is 0 Å². The predicted octanol–water partition coefficient (Wildman–Crippen LogP) is 2.45. The Morgan fingerprint density at radius 2 is 2.18 bits per heavy atom. The average molecular weight is 412 g/mol. The van der Waals surface area contributed by atoms with Crippen LogP contribution in [-0.2, 0) is 25.1 Å². The summed E-state index contributed by atoms with van der Waals surface area (Å²) in [4.78, 5) is 26.8. The number of hydrogen-bond donors (Lipinski definition) is 0. The van der Waals surface area contributed by atoms with Crippen LogP contribution in [0, 0.1) is 5.82 Å². The van der Waals surface area contributed by atoms with Gasteiger partial charge in [0.25, 0.3) is 0 Å². The molecular weight excluding hydrogens is 387 g/mol. The van der Waals surface area contributed by atoms with Crippen molar-refractivity contribution in [2.45, 2.75) is 32.3 Å². The van der Waals surface area contributed by atoms with Crippen LogP contribution in [0.5, 0.6) is 0 Å². The highest BCUT2D eigenvalue weighted by Crippen LogP contribution is 2.28. The van der Waals surface area contributed by atoms with Crippen molar-refractivity contribution in [2.75, 3.05) is 47.5 Å². The van der Waals surface area contributed by atoms with Crippen molar-refractivity contribution >= 4 is 34.2 Å². The van der Waals surface area contributed by atoms with Crippen molar-refractivity contribution < 1.29 is 27.7 Å². The first kappa shape index (κ1) is 20.6. The molecule has 28 heavy (non-hydrogen) atoms. The van der Waals surface area contributed by atoms with Gasteiger partial charge in [0.1, 0.15) is 12.4 Å². The van der Waals surface area contributed by atoms with Crippen molar-refractivity contribution in [1.82, 2.24) is 0 Å². The minimum atomic E-state index is -0.850.